The van der Waals surface area contributed by atoms with Gasteiger partial charge in [-0.15, -0.1) is 0 Å². The summed E-state index contributed by atoms with van der Waals surface area (Å²) in [7, 11) is 0. The van der Waals surface area contributed by atoms with E-state index in [4.69, 9.17) is 38.2 Å². The molecule has 0 saturated heterocycles. The monoisotopic (exact) mass is 528 g/mol. The van der Waals surface area contributed by atoms with Crippen molar-refractivity contribution in [3.63, 3.8) is 0 Å². The van der Waals surface area contributed by atoms with Crippen molar-refractivity contribution in [2.24, 2.45) is 0 Å². The molecule has 0 aliphatic heterocycles. The zero-order valence-corrected chi connectivity index (χ0v) is 24.2. The minimum atomic E-state index is -1.91. The summed E-state index contributed by atoms with van der Waals surface area (Å²) >= 11 is 0. The maximum atomic E-state index is 6.07. The molecule has 1 aromatic rings. The second-order valence-corrected chi connectivity index (χ2v) is 8.55. The summed E-state index contributed by atoms with van der Waals surface area (Å²) in [6, 6.07) is 8.24. The Morgan fingerprint density at radius 1 is 0.541 bits per heavy atom. The van der Waals surface area contributed by atoms with Gasteiger partial charge in [0.15, 0.2) is 0 Å². The van der Waals surface area contributed by atoms with E-state index in [0.717, 1.165) is 12.2 Å². The molecule has 0 radical (unpaired) electrons. The molecule has 0 saturated carbocycles. The van der Waals surface area contributed by atoms with Crippen LogP contribution in [0.5, 0.6) is 5.75 Å². The smallest absolute Gasteiger partial charge is 0.396 e. The average Bonchev–Trinajstić information content (AvgIpc) is 2.90. The van der Waals surface area contributed by atoms with Crippen molar-refractivity contribution < 1.29 is 38.2 Å². The summed E-state index contributed by atoms with van der Waals surface area (Å²) in [5.74, 6) is -2.93. The molecule has 0 bridgehead atoms. The minimum Gasteiger partial charge on any atom is -0.491 e. The predicted molar refractivity (Wildman–Crippen MR) is 144 cm³/mol. The molecule has 0 aromatic heterocycles. The van der Waals surface area contributed by atoms with Gasteiger partial charge in [0.1, 0.15) is 12.4 Å². The first kappa shape index (κ1) is 33.8. The van der Waals surface area contributed by atoms with Gasteiger partial charge in [-0.1, -0.05) is 57.6 Å². The highest BCUT2D eigenvalue weighted by molar-refractivity contribution is 5.27. The molecule has 0 amide bonds. The molecule has 1 atom stereocenters. The van der Waals surface area contributed by atoms with Crippen LogP contribution in [0.4, 0.5) is 0 Å². The normalized spacial score (nSPS) is 13.6. The number of rotatable bonds is 25. The molecule has 0 aliphatic rings. The average molecular weight is 529 g/mol. The molecular weight excluding hydrogens is 476 g/mol. The first-order chi connectivity index (χ1) is 18.1. The van der Waals surface area contributed by atoms with Gasteiger partial charge in [0.2, 0.25) is 0 Å². The first-order valence-electron chi connectivity index (χ1n) is 14.3. The van der Waals surface area contributed by atoms with Crippen LogP contribution in [0.3, 0.4) is 0 Å². The van der Waals surface area contributed by atoms with Gasteiger partial charge in [0.25, 0.3) is 0 Å². The number of ether oxygens (including phenoxy) is 6. The topological polar surface area (TPSA) is 73.8 Å². The van der Waals surface area contributed by atoms with E-state index in [1.54, 1.807) is 6.92 Å². The predicted octanol–water partition coefficient (Wildman–Crippen LogP) is 6.80. The van der Waals surface area contributed by atoms with E-state index < -0.39 is 11.9 Å². The largest absolute Gasteiger partial charge is 0.491 e. The van der Waals surface area contributed by atoms with E-state index in [2.05, 4.69) is 19.1 Å². The summed E-state index contributed by atoms with van der Waals surface area (Å²) in [5, 5.41) is 0. The fourth-order valence-electron chi connectivity index (χ4n) is 3.98. The summed E-state index contributed by atoms with van der Waals surface area (Å²) in [4.78, 5) is 10.9. The second-order valence-electron chi connectivity index (χ2n) is 8.55. The SMILES string of the molecule is CCCCCCCCCc1ccc(OCCOC(OCC)(OOCC)C(OCC)(OCC)OCC)cc1. The van der Waals surface area contributed by atoms with E-state index >= 15 is 0 Å². The Morgan fingerprint density at radius 3 is 1.62 bits per heavy atom. The Bertz CT molecular complexity index is 637. The fraction of sp³-hybridized carbons (Fsp3) is 0.793. The Morgan fingerprint density at radius 2 is 1.08 bits per heavy atom. The highest BCUT2D eigenvalue weighted by atomic mass is 17.3. The molecule has 0 N–H and O–H groups in total. The third-order valence-electron chi connectivity index (χ3n) is 5.64. The zero-order chi connectivity index (χ0) is 27.2. The molecule has 0 fully saturated rings. The zero-order valence-electron chi connectivity index (χ0n) is 24.2. The standard InChI is InChI=1S/C29H52O8/c1-7-13-14-15-16-17-18-19-26-20-22-27(23-21-26)30-24-25-35-29(34-11-5,37-36-12-6)28(31-8-2,32-9-3)33-10-4/h20-23H,7-19,24-25H2,1-6H3. The van der Waals surface area contributed by atoms with Gasteiger partial charge in [0, 0.05) is 19.8 Å². The lowest BCUT2D eigenvalue weighted by Gasteiger charge is -2.44. The van der Waals surface area contributed by atoms with Crippen molar-refractivity contribution in [3.8, 4) is 5.75 Å². The van der Waals surface area contributed by atoms with Crippen molar-refractivity contribution in [3.05, 3.63) is 29.8 Å². The van der Waals surface area contributed by atoms with Gasteiger partial charge in [-0.2, -0.15) is 4.89 Å². The van der Waals surface area contributed by atoms with Crippen LogP contribution in [-0.2, 0) is 39.9 Å². The first-order valence-corrected chi connectivity index (χ1v) is 14.3. The second kappa shape index (κ2) is 20.7. The van der Waals surface area contributed by atoms with Gasteiger partial charge in [-0.3, -0.25) is 0 Å². The minimum absolute atomic E-state index is 0.113. The Kier molecular flexibility index (Phi) is 18.9. The molecule has 1 unspecified atom stereocenters. The van der Waals surface area contributed by atoms with E-state index in [9.17, 15) is 0 Å². The van der Waals surface area contributed by atoms with Crippen molar-refractivity contribution in [2.45, 2.75) is 105 Å². The number of aryl methyl sites for hydroxylation is 1. The van der Waals surface area contributed by atoms with Crippen molar-refractivity contribution in [1.29, 1.82) is 0 Å². The van der Waals surface area contributed by atoms with Gasteiger partial charge in [0.05, 0.1) is 19.8 Å². The summed E-state index contributed by atoms with van der Waals surface area (Å²) in [6.07, 6.45) is 10.3. The van der Waals surface area contributed by atoms with Gasteiger partial charge in [-0.25, -0.2) is 4.89 Å². The molecule has 216 valence electrons. The lowest BCUT2D eigenvalue weighted by Crippen LogP contribution is -2.64. The van der Waals surface area contributed by atoms with Crippen LogP contribution in [0.1, 0.15) is 92.1 Å². The van der Waals surface area contributed by atoms with E-state index in [-0.39, 0.29) is 46.2 Å². The van der Waals surface area contributed by atoms with Crippen LogP contribution in [0.15, 0.2) is 24.3 Å². The summed E-state index contributed by atoms with van der Waals surface area (Å²) < 4.78 is 35.5. The number of hydrogen-bond donors (Lipinski definition) is 0. The van der Waals surface area contributed by atoms with Crippen LogP contribution in [0.25, 0.3) is 0 Å². The molecule has 8 nitrogen and oxygen atoms in total. The van der Waals surface area contributed by atoms with Gasteiger partial charge >= 0.3 is 11.9 Å². The number of hydrogen-bond acceptors (Lipinski definition) is 8. The molecule has 1 rings (SSSR count). The maximum Gasteiger partial charge on any atom is 0.396 e. The van der Waals surface area contributed by atoms with E-state index in [1.165, 1.54) is 50.5 Å². The third-order valence-corrected chi connectivity index (χ3v) is 5.64. The maximum absolute atomic E-state index is 6.07. The van der Waals surface area contributed by atoms with Crippen LogP contribution in [0, 0.1) is 0 Å². The number of unbranched alkanes of at least 4 members (excludes halogenated alkanes) is 6. The summed E-state index contributed by atoms with van der Waals surface area (Å²) in [5.41, 5.74) is 1.33. The number of benzene rings is 1. The third kappa shape index (κ3) is 12.0. The van der Waals surface area contributed by atoms with Crippen molar-refractivity contribution in [2.75, 3.05) is 46.2 Å². The highest BCUT2D eigenvalue weighted by Crippen LogP contribution is 2.36. The molecule has 37 heavy (non-hydrogen) atoms. The Labute approximate surface area is 225 Å². The molecular formula is C29H52O8. The summed E-state index contributed by atoms with van der Waals surface area (Å²) in [6.45, 7) is 13.0. The molecule has 0 heterocycles. The molecule has 1 aromatic carbocycles. The Balaban J connectivity index is 2.70. The fourth-order valence-corrected chi connectivity index (χ4v) is 3.98. The van der Waals surface area contributed by atoms with E-state index in [1.807, 2.05) is 39.8 Å². The Hall–Kier alpha value is -1.26. The molecule has 0 aliphatic carbocycles. The van der Waals surface area contributed by atoms with Crippen LogP contribution >= 0.6 is 0 Å². The lowest BCUT2D eigenvalue weighted by molar-refractivity contribution is -0.615. The quantitative estimate of drug-likeness (QED) is 0.0594. The lowest BCUT2D eigenvalue weighted by atomic mass is 10.0. The highest BCUT2D eigenvalue weighted by Gasteiger charge is 2.62. The molecule has 8 heteroatoms. The van der Waals surface area contributed by atoms with Gasteiger partial charge in [-0.05, 0) is 65.2 Å². The van der Waals surface area contributed by atoms with E-state index in [0.29, 0.717) is 0 Å². The van der Waals surface area contributed by atoms with Crippen molar-refractivity contribution in [1.82, 2.24) is 0 Å². The van der Waals surface area contributed by atoms with Gasteiger partial charge < -0.3 is 28.4 Å². The molecule has 0 spiro atoms. The van der Waals surface area contributed by atoms with Crippen LogP contribution in [-0.4, -0.2) is 58.2 Å². The van der Waals surface area contributed by atoms with Crippen LogP contribution in [0.2, 0.25) is 0 Å². The van der Waals surface area contributed by atoms with Crippen LogP contribution < -0.4 is 4.74 Å². The van der Waals surface area contributed by atoms with Crippen molar-refractivity contribution >= 4 is 0 Å².